The summed E-state index contributed by atoms with van der Waals surface area (Å²) in [6.45, 7) is 3.90. The van der Waals surface area contributed by atoms with Crippen molar-refractivity contribution < 1.29 is 21.8 Å². The van der Waals surface area contributed by atoms with Crippen molar-refractivity contribution in [1.82, 2.24) is 4.90 Å². The van der Waals surface area contributed by atoms with E-state index in [1.54, 1.807) is 12.1 Å². The molecule has 1 N–H and O–H groups in total. The Balaban J connectivity index is 0.000000603. The maximum atomic E-state index is 11.6. The second kappa shape index (κ2) is 14.4. The quantitative estimate of drug-likeness (QED) is 0.289. The first-order valence-corrected chi connectivity index (χ1v) is 11.4. The predicted octanol–water partition coefficient (Wildman–Crippen LogP) is 5.50. The molecule has 2 aliphatic rings. The van der Waals surface area contributed by atoms with Crippen LogP contribution in [0.3, 0.4) is 0 Å². The van der Waals surface area contributed by atoms with Gasteiger partial charge in [-0.15, -0.1) is 17.7 Å². The number of aliphatic hydroxyl groups is 2. The molecule has 0 fully saturated rings. The van der Waals surface area contributed by atoms with Crippen LogP contribution in [0.15, 0.2) is 125 Å². The average Bonchev–Trinajstić information content (AvgIpc) is 3.56. The monoisotopic (exact) mass is 495 g/mol. The Morgan fingerprint density at radius 1 is 0.971 bits per heavy atom. The van der Waals surface area contributed by atoms with Gasteiger partial charge < -0.3 is 14.4 Å². The van der Waals surface area contributed by atoms with Crippen LogP contribution in [0, 0.1) is 6.10 Å². The van der Waals surface area contributed by atoms with E-state index in [0.29, 0.717) is 0 Å². The van der Waals surface area contributed by atoms with Gasteiger partial charge in [-0.2, -0.15) is 35.9 Å². The molecule has 2 aromatic rings. The maximum absolute atomic E-state index is 11.6. The minimum Gasteiger partial charge on any atom is -0.451 e. The number of benzene rings is 1. The molecule has 0 radical (unpaired) electrons. The zero-order chi connectivity index (χ0) is 23.5. The van der Waals surface area contributed by atoms with Crippen molar-refractivity contribution in [2.45, 2.75) is 13.3 Å². The molecule has 0 atom stereocenters. The molecular weight excluding hydrogens is 462 g/mol. The van der Waals surface area contributed by atoms with Gasteiger partial charge in [0.2, 0.25) is 0 Å². The fraction of sp³-hybridized carbons (Fsp3) is 0.200. The number of ether oxygens (including phenoxy) is 1. The first-order chi connectivity index (χ1) is 16.1. The van der Waals surface area contributed by atoms with E-state index < -0.39 is 0 Å². The van der Waals surface area contributed by atoms with Gasteiger partial charge in [-0.1, -0.05) is 78.6 Å². The summed E-state index contributed by atoms with van der Waals surface area (Å²) >= 11 is 0. The molecule has 178 valence electrons. The molecule has 0 aliphatic heterocycles. The van der Waals surface area contributed by atoms with E-state index in [0.717, 1.165) is 36.8 Å². The number of allylic oxidation sites excluding steroid dienone is 10. The van der Waals surface area contributed by atoms with Gasteiger partial charge >= 0.3 is 17.1 Å². The third-order valence-electron chi connectivity index (χ3n) is 5.36. The van der Waals surface area contributed by atoms with E-state index in [4.69, 9.17) is 0 Å². The Labute approximate surface area is 214 Å². The van der Waals surface area contributed by atoms with Crippen molar-refractivity contribution in [2.75, 3.05) is 27.2 Å². The zero-order valence-corrected chi connectivity index (χ0v) is 21.2. The summed E-state index contributed by atoms with van der Waals surface area (Å²) < 4.78 is 4.65. The van der Waals surface area contributed by atoms with Crippen LogP contribution in [0.2, 0.25) is 0 Å². The predicted molar refractivity (Wildman–Crippen MR) is 140 cm³/mol. The van der Waals surface area contributed by atoms with Crippen molar-refractivity contribution >= 4 is 5.57 Å². The topological polar surface area (TPSA) is 33.1 Å². The SMILES string of the molecule is CCC(=C1C=CC=C1)C(=C1C=C[C-]([OH+]CCN(C)C)C=C1)[c-]1ccc(=O)cc1.[Fe+2].c1cc[cH-]c1. The number of hydrogen-bond donors (Lipinski definition) is 0. The van der Waals surface area contributed by atoms with Crippen LogP contribution < -0.4 is 5.43 Å². The normalized spacial score (nSPS) is 13.7. The Bertz CT molecular complexity index is 1060. The van der Waals surface area contributed by atoms with Crippen LogP contribution in [-0.2, 0) is 17.1 Å². The van der Waals surface area contributed by atoms with E-state index in [1.807, 2.05) is 42.5 Å². The van der Waals surface area contributed by atoms with Gasteiger partial charge in [0.05, 0.1) is 6.54 Å². The smallest absolute Gasteiger partial charge is 0.451 e. The minimum atomic E-state index is 0. The molecule has 2 aliphatic carbocycles. The number of nitrogens with zero attached hydrogens (tertiary/aromatic N) is 1. The van der Waals surface area contributed by atoms with Crippen molar-refractivity contribution in [3.05, 3.63) is 142 Å². The summed E-state index contributed by atoms with van der Waals surface area (Å²) in [5, 5.41) is 0. The van der Waals surface area contributed by atoms with Gasteiger partial charge in [-0.05, 0) is 14.1 Å². The summed E-state index contributed by atoms with van der Waals surface area (Å²) in [6.07, 6.45) is 18.7. The number of rotatable bonds is 7. The van der Waals surface area contributed by atoms with Crippen LogP contribution >= 0.6 is 0 Å². The Morgan fingerprint density at radius 2 is 1.59 bits per heavy atom. The fourth-order valence-electron chi connectivity index (χ4n) is 3.67. The second-order valence-electron chi connectivity index (χ2n) is 8.10. The van der Waals surface area contributed by atoms with Crippen molar-refractivity contribution in [1.29, 1.82) is 0 Å². The van der Waals surface area contributed by atoms with Crippen LogP contribution in [-0.4, -0.2) is 36.9 Å². The van der Waals surface area contributed by atoms with Gasteiger partial charge in [0.15, 0.2) is 6.61 Å². The average molecular weight is 495 g/mol. The third-order valence-corrected chi connectivity index (χ3v) is 5.36. The molecule has 0 unspecified atom stereocenters. The van der Waals surface area contributed by atoms with Crippen LogP contribution in [0.1, 0.15) is 18.9 Å². The van der Waals surface area contributed by atoms with E-state index in [-0.39, 0.29) is 22.5 Å². The van der Waals surface area contributed by atoms with Crippen molar-refractivity contribution in [3.8, 4) is 0 Å². The molecule has 0 spiro atoms. The van der Waals surface area contributed by atoms with Crippen LogP contribution in [0.5, 0.6) is 0 Å². The summed E-state index contributed by atoms with van der Waals surface area (Å²) in [6, 6.07) is 17.1. The molecule has 0 bridgehead atoms. The largest absolute Gasteiger partial charge is 2.00 e. The fourth-order valence-corrected chi connectivity index (χ4v) is 3.67. The molecule has 2 aromatic carbocycles. The minimum absolute atomic E-state index is 0. The van der Waals surface area contributed by atoms with Gasteiger partial charge in [0, 0.05) is 0 Å². The molecule has 4 heteroatoms. The first kappa shape index (κ1) is 27.4. The number of likely N-dealkylation sites (N-methyl/N-ethyl adjacent to an activating group) is 1. The van der Waals surface area contributed by atoms with Crippen molar-refractivity contribution in [2.24, 2.45) is 0 Å². The summed E-state index contributed by atoms with van der Waals surface area (Å²) in [5.41, 5.74) is 5.92. The van der Waals surface area contributed by atoms with Crippen LogP contribution in [0.25, 0.3) is 5.57 Å². The molecule has 0 saturated carbocycles. The summed E-state index contributed by atoms with van der Waals surface area (Å²) in [5.74, 6) is 0. The first-order valence-electron chi connectivity index (χ1n) is 11.4. The molecular formula is C30H33FeNO2. The van der Waals surface area contributed by atoms with E-state index in [2.05, 4.69) is 79.3 Å². The maximum Gasteiger partial charge on any atom is 2.00 e. The van der Waals surface area contributed by atoms with E-state index >= 15 is 0 Å². The van der Waals surface area contributed by atoms with Crippen LogP contribution in [0.4, 0.5) is 0 Å². The molecule has 4 rings (SSSR count). The third kappa shape index (κ3) is 8.16. The molecule has 3 nitrogen and oxygen atoms in total. The van der Waals surface area contributed by atoms with Crippen molar-refractivity contribution in [3.63, 3.8) is 0 Å². The second-order valence-corrected chi connectivity index (χ2v) is 8.10. The van der Waals surface area contributed by atoms with Gasteiger partial charge in [0.25, 0.3) is 0 Å². The zero-order valence-electron chi connectivity index (χ0n) is 20.1. The van der Waals surface area contributed by atoms with Gasteiger partial charge in [-0.25, -0.2) is 12.1 Å². The summed E-state index contributed by atoms with van der Waals surface area (Å²) in [7, 11) is 4.11. The summed E-state index contributed by atoms with van der Waals surface area (Å²) in [4.78, 5) is 13.7. The Morgan fingerprint density at radius 3 is 2.09 bits per heavy atom. The number of hydrogen-bond acceptors (Lipinski definition) is 2. The van der Waals surface area contributed by atoms with E-state index in [9.17, 15) is 4.79 Å². The van der Waals surface area contributed by atoms with E-state index in [1.165, 1.54) is 16.7 Å². The molecule has 0 amide bonds. The Kier molecular flexibility index (Phi) is 11.6. The molecule has 0 heterocycles. The molecule has 0 saturated heterocycles. The van der Waals surface area contributed by atoms with Gasteiger partial charge in [-0.3, -0.25) is 0 Å². The molecule has 34 heavy (non-hydrogen) atoms. The van der Waals surface area contributed by atoms with Gasteiger partial charge in [0.1, 0.15) is 11.5 Å². The Hall–Kier alpha value is -2.88. The standard InChI is InChI=1S/C25H28NO2.C5H5.Fe/c1-4-24(19-7-5-6-8-19)25(20-9-13-22(27)14-10-20)21-11-15-23(16-12-21)28-18-17-26(2)3;1-2-4-5-3-1;/h5-16,28H,4,17-18H2,1-3H3;1-5H;/q2*-1;+2. The molecule has 0 aromatic heterocycles.